The first-order valence-corrected chi connectivity index (χ1v) is 9.85. The summed E-state index contributed by atoms with van der Waals surface area (Å²) in [5, 5.41) is 9.20. The number of ether oxygens (including phenoxy) is 1. The smallest absolute Gasteiger partial charge is 0.323 e. The standard InChI is InChI=1S/C21H31N3O4/c1-22(2)21(17-7-5-4-6-8-17)11-9-20(10-12-21)16-23(15-18(25)26)19(27)24(20)13-14-28-3/h4-8H,9-16H2,1-3H3,(H,25,26)/t20-,21-. The van der Waals surface area contributed by atoms with Crippen LogP contribution in [0, 0.1) is 0 Å². The Morgan fingerprint density at radius 3 is 2.36 bits per heavy atom. The zero-order valence-electron chi connectivity index (χ0n) is 17.1. The van der Waals surface area contributed by atoms with Crippen LogP contribution in [0.15, 0.2) is 30.3 Å². The Balaban J connectivity index is 1.86. The SMILES string of the molecule is COCCN1C(=O)N(CC(=O)O)C[C@]12CC[C@@](c1ccccc1)(N(C)C)CC2. The summed E-state index contributed by atoms with van der Waals surface area (Å²) in [5.41, 5.74) is 0.909. The first-order valence-electron chi connectivity index (χ1n) is 9.85. The van der Waals surface area contributed by atoms with Crippen molar-refractivity contribution in [2.75, 3.05) is 47.4 Å². The van der Waals surface area contributed by atoms with Crippen molar-refractivity contribution in [1.29, 1.82) is 0 Å². The van der Waals surface area contributed by atoms with Gasteiger partial charge in [-0.3, -0.25) is 9.69 Å². The van der Waals surface area contributed by atoms with Gasteiger partial charge in [-0.15, -0.1) is 0 Å². The zero-order chi connectivity index (χ0) is 20.4. The third kappa shape index (κ3) is 3.61. The monoisotopic (exact) mass is 389 g/mol. The van der Waals surface area contributed by atoms with Crippen molar-refractivity contribution >= 4 is 12.0 Å². The van der Waals surface area contributed by atoms with Crippen molar-refractivity contribution < 1.29 is 19.4 Å². The summed E-state index contributed by atoms with van der Waals surface area (Å²) in [6.07, 6.45) is 3.51. The predicted octanol–water partition coefficient (Wildman–Crippen LogP) is 2.22. The normalized spacial score (nSPS) is 27.8. The minimum Gasteiger partial charge on any atom is -0.480 e. The van der Waals surface area contributed by atoms with E-state index in [4.69, 9.17) is 4.74 Å². The number of hydrogen-bond donors (Lipinski definition) is 1. The minimum atomic E-state index is -0.972. The quantitative estimate of drug-likeness (QED) is 0.774. The number of benzene rings is 1. The van der Waals surface area contributed by atoms with Gasteiger partial charge in [0.1, 0.15) is 6.54 Å². The highest BCUT2D eigenvalue weighted by molar-refractivity contribution is 5.83. The van der Waals surface area contributed by atoms with Crippen molar-refractivity contribution in [3.05, 3.63) is 35.9 Å². The van der Waals surface area contributed by atoms with Crippen LogP contribution < -0.4 is 0 Å². The second-order valence-corrected chi connectivity index (χ2v) is 8.19. The van der Waals surface area contributed by atoms with Crippen molar-refractivity contribution in [3.8, 4) is 0 Å². The Morgan fingerprint density at radius 1 is 1.18 bits per heavy atom. The summed E-state index contributed by atoms with van der Waals surface area (Å²) in [5.74, 6) is -0.972. The minimum absolute atomic E-state index is 0.0668. The number of hydrogen-bond acceptors (Lipinski definition) is 4. The number of carboxylic acids is 1. The van der Waals surface area contributed by atoms with Crippen LogP contribution in [-0.4, -0.2) is 84.8 Å². The largest absolute Gasteiger partial charge is 0.480 e. The molecule has 0 unspecified atom stereocenters. The van der Waals surface area contributed by atoms with Crippen LogP contribution in [0.3, 0.4) is 0 Å². The van der Waals surface area contributed by atoms with Crippen LogP contribution >= 0.6 is 0 Å². The van der Waals surface area contributed by atoms with Gasteiger partial charge in [0.2, 0.25) is 0 Å². The van der Waals surface area contributed by atoms with Gasteiger partial charge >= 0.3 is 12.0 Å². The van der Waals surface area contributed by atoms with E-state index < -0.39 is 5.97 Å². The Morgan fingerprint density at radius 2 is 1.82 bits per heavy atom. The van der Waals surface area contributed by atoms with E-state index in [1.807, 2.05) is 11.0 Å². The molecule has 7 heteroatoms. The van der Waals surface area contributed by atoms with Crippen LogP contribution in [-0.2, 0) is 15.1 Å². The maximum atomic E-state index is 12.9. The Bertz CT molecular complexity index is 699. The van der Waals surface area contributed by atoms with Crippen LogP contribution in [0.4, 0.5) is 4.79 Å². The van der Waals surface area contributed by atoms with Crippen LogP contribution in [0.5, 0.6) is 0 Å². The molecule has 2 fully saturated rings. The summed E-state index contributed by atoms with van der Waals surface area (Å²) in [6, 6.07) is 10.3. The molecule has 7 nitrogen and oxygen atoms in total. The van der Waals surface area contributed by atoms with Gasteiger partial charge in [-0.2, -0.15) is 0 Å². The molecule has 154 valence electrons. The first kappa shape index (κ1) is 20.6. The predicted molar refractivity (Wildman–Crippen MR) is 106 cm³/mol. The fraction of sp³-hybridized carbons (Fsp3) is 0.619. The number of carbonyl (C=O) groups excluding carboxylic acids is 1. The van der Waals surface area contributed by atoms with Crippen molar-refractivity contribution in [2.24, 2.45) is 0 Å². The third-order valence-corrected chi connectivity index (χ3v) is 6.58. The van der Waals surface area contributed by atoms with Gasteiger partial charge in [-0.05, 0) is 45.3 Å². The van der Waals surface area contributed by atoms with Crippen LogP contribution in [0.1, 0.15) is 31.2 Å². The molecule has 3 rings (SSSR count). The van der Waals surface area contributed by atoms with E-state index in [9.17, 15) is 14.7 Å². The molecule has 1 saturated carbocycles. The molecular formula is C21H31N3O4. The third-order valence-electron chi connectivity index (χ3n) is 6.58. The van der Waals surface area contributed by atoms with Crippen molar-refractivity contribution in [3.63, 3.8) is 0 Å². The van der Waals surface area contributed by atoms with Crippen molar-refractivity contribution in [1.82, 2.24) is 14.7 Å². The topological polar surface area (TPSA) is 73.3 Å². The van der Waals surface area contributed by atoms with Gasteiger partial charge < -0.3 is 19.6 Å². The molecule has 0 radical (unpaired) electrons. The molecule has 1 saturated heterocycles. The molecular weight excluding hydrogens is 358 g/mol. The van der Waals surface area contributed by atoms with Crippen LogP contribution in [0.2, 0.25) is 0 Å². The number of methoxy groups -OCH3 is 1. The average Bonchev–Trinajstić information content (AvgIpc) is 2.92. The summed E-state index contributed by atoms with van der Waals surface area (Å²) >= 11 is 0. The Hall–Kier alpha value is -2.12. The molecule has 1 aromatic rings. The number of amides is 2. The Labute approximate surface area is 166 Å². The molecule has 0 bridgehead atoms. The van der Waals surface area contributed by atoms with Crippen molar-refractivity contribution in [2.45, 2.75) is 36.8 Å². The molecule has 1 aliphatic heterocycles. The maximum absolute atomic E-state index is 12.9. The van der Waals surface area contributed by atoms with Gasteiger partial charge in [0.05, 0.1) is 12.1 Å². The summed E-state index contributed by atoms with van der Waals surface area (Å²) in [4.78, 5) is 29.8. The lowest BCUT2D eigenvalue weighted by Crippen LogP contribution is -2.56. The molecule has 1 heterocycles. The average molecular weight is 389 g/mol. The molecule has 2 aliphatic rings. The van der Waals surface area contributed by atoms with E-state index in [0.29, 0.717) is 19.7 Å². The summed E-state index contributed by atoms with van der Waals surface area (Å²) in [7, 11) is 5.85. The molecule has 1 aromatic carbocycles. The molecule has 0 atom stereocenters. The number of nitrogens with zero attached hydrogens (tertiary/aromatic N) is 3. The number of carboxylic acid groups (broad SMARTS) is 1. The highest BCUT2D eigenvalue weighted by Crippen LogP contribution is 2.48. The number of carbonyl (C=O) groups is 2. The number of rotatable bonds is 7. The lowest BCUT2D eigenvalue weighted by atomic mass is 9.68. The fourth-order valence-electron chi connectivity index (χ4n) is 4.98. The van der Waals surface area contributed by atoms with E-state index in [2.05, 4.69) is 43.3 Å². The molecule has 2 amide bonds. The molecule has 1 aliphatic carbocycles. The summed E-state index contributed by atoms with van der Waals surface area (Å²) in [6.45, 7) is 1.17. The van der Waals surface area contributed by atoms with E-state index in [1.165, 1.54) is 10.5 Å². The van der Waals surface area contributed by atoms with Gasteiger partial charge in [-0.25, -0.2) is 4.79 Å². The lowest BCUT2D eigenvalue weighted by Gasteiger charge is -2.51. The summed E-state index contributed by atoms with van der Waals surface area (Å²) < 4.78 is 5.21. The first-order chi connectivity index (χ1) is 13.3. The van der Waals surface area contributed by atoms with Gasteiger partial charge in [0, 0.05) is 25.7 Å². The van der Waals surface area contributed by atoms with Crippen LogP contribution in [0.25, 0.3) is 0 Å². The lowest BCUT2D eigenvalue weighted by molar-refractivity contribution is -0.137. The zero-order valence-corrected chi connectivity index (χ0v) is 17.1. The van der Waals surface area contributed by atoms with E-state index in [1.54, 1.807) is 7.11 Å². The number of aliphatic carboxylic acids is 1. The second kappa shape index (κ2) is 8.09. The highest BCUT2D eigenvalue weighted by Gasteiger charge is 2.54. The van der Waals surface area contributed by atoms with E-state index in [0.717, 1.165) is 25.7 Å². The fourth-order valence-corrected chi connectivity index (χ4v) is 4.98. The number of urea groups is 1. The molecule has 1 N–H and O–H groups in total. The molecule has 0 aromatic heterocycles. The van der Waals surface area contributed by atoms with Gasteiger partial charge in [-0.1, -0.05) is 30.3 Å². The van der Waals surface area contributed by atoms with E-state index >= 15 is 0 Å². The Kier molecular flexibility index (Phi) is 5.95. The van der Waals surface area contributed by atoms with Gasteiger partial charge in [0.15, 0.2) is 0 Å². The maximum Gasteiger partial charge on any atom is 0.323 e. The van der Waals surface area contributed by atoms with Gasteiger partial charge in [0.25, 0.3) is 0 Å². The highest BCUT2D eigenvalue weighted by atomic mass is 16.5. The van der Waals surface area contributed by atoms with E-state index in [-0.39, 0.29) is 23.7 Å². The second-order valence-electron chi connectivity index (χ2n) is 8.19. The molecule has 28 heavy (non-hydrogen) atoms. The molecule has 1 spiro atoms.